The number of amides is 1. The van der Waals surface area contributed by atoms with Gasteiger partial charge in [0.05, 0.1) is 13.2 Å². The highest BCUT2D eigenvalue weighted by Crippen LogP contribution is 2.50. The fraction of sp³-hybridized carbons (Fsp3) is 0.857. The Kier molecular flexibility index (Phi) is 1.20. The Morgan fingerprint density at radius 1 is 1.50 bits per heavy atom. The fourth-order valence-corrected chi connectivity index (χ4v) is 1.80. The van der Waals surface area contributed by atoms with E-state index in [9.17, 15) is 4.79 Å². The molecule has 2 atom stereocenters. The number of ether oxygens (including phenoxy) is 1. The lowest BCUT2D eigenvalue weighted by Gasteiger charge is -2.00. The van der Waals surface area contributed by atoms with Gasteiger partial charge in [-0.3, -0.25) is 4.79 Å². The van der Waals surface area contributed by atoms with Gasteiger partial charge in [0.1, 0.15) is 0 Å². The first-order chi connectivity index (χ1) is 4.84. The molecule has 1 amide bonds. The number of hydrogen-bond acceptors (Lipinski definition) is 2. The molecule has 0 aromatic heterocycles. The molecule has 0 aromatic carbocycles. The molecule has 2 rings (SSSR count). The molecule has 2 aliphatic rings. The molecule has 2 fully saturated rings. The molecule has 1 N–H and O–H groups in total. The van der Waals surface area contributed by atoms with Crippen molar-refractivity contribution in [2.24, 2.45) is 17.8 Å². The Hall–Kier alpha value is -0.570. The Labute approximate surface area is 59.7 Å². The minimum Gasteiger partial charge on any atom is -0.381 e. The second-order valence-electron chi connectivity index (χ2n) is 3.01. The molecule has 1 aliphatic heterocycles. The fourth-order valence-electron chi connectivity index (χ4n) is 1.80. The summed E-state index contributed by atoms with van der Waals surface area (Å²) < 4.78 is 5.15. The molecule has 0 bridgehead atoms. The summed E-state index contributed by atoms with van der Waals surface area (Å²) in [5.74, 6) is 1.55. The second kappa shape index (κ2) is 1.95. The molecular weight excluding hydrogens is 130 g/mol. The van der Waals surface area contributed by atoms with Gasteiger partial charge in [-0.2, -0.15) is 0 Å². The molecule has 2 unspecified atom stereocenters. The van der Waals surface area contributed by atoms with Crippen LogP contribution in [0, 0.1) is 17.8 Å². The van der Waals surface area contributed by atoms with Crippen molar-refractivity contribution in [1.29, 1.82) is 0 Å². The summed E-state index contributed by atoms with van der Waals surface area (Å²) >= 11 is 0. The zero-order chi connectivity index (χ0) is 7.14. The van der Waals surface area contributed by atoms with Crippen molar-refractivity contribution < 1.29 is 9.53 Å². The average molecular weight is 141 g/mol. The van der Waals surface area contributed by atoms with Crippen molar-refractivity contribution >= 4 is 5.91 Å². The first-order valence-corrected chi connectivity index (χ1v) is 3.64. The van der Waals surface area contributed by atoms with E-state index >= 15 is 0 Å². The molecule has 0 aromatic rings. The van der Waals surface area contributed by atoms with E-state index in [1.165, 1.54) is 0 Å². The van der Waals surface area contributed by atoms with Crippen LogP contribution in [-0.4, -0.2) is 26.2 Å². The lowest BCUT2D eigenvalue weighted by atomic mass is 10.3. The van der Waals surface area contributed by atoms with Gasteiger partial charge in [-0.25, -0.2) is 0 Å². The molecule has 3 heteroatoms. The van der Waals surface area contributed by atoms with Gasteiger partial charge >= 0.3 is 0 Å². The zero-order valence-corrected chi connectivity index (χ0v) is 5.96. The predicted molar refractivity (Wildman–Crippen MR) is 35.4 cm³/mol. The van der Waals surface area contributed by atoms with Crippen molar-refractivity contribution in [3.63, 3.8) is 0 Å². The van der Waals surface area contributed by atoms with Crippen LogP contribution < -0.4 is 5.32 Å². The minimum absolute atomic E-state index is 0.193. The lowest BCUT2D eigenvalue weighted by Crippen LogP contribution is -2.23. The second-order valence-corrected chi connectivity index (χ2v) is 3.01. The summed E-state index contributed by atoms with van der Waals surface area (Å²) in [6.45, 7) is 1.59. The van der Waals surface area contributed by atoms with E-state index in [4.69, 9.17) is 4.74 Å². The van der Waals surface area contributed by atoms with Crippen molar-refractivity contribution in [2.45, 2.75) is 0 Å². The number of fused-ring (bicyclic) bond motifs is 1. The van der Waals surface area contributed by atoms with Crippen LogP contribution in [0.1, 0.15) is 0 Å². The van der Waals surface area contributed by atoms with Crippen molar-refractivity contribution in [3.05, 3.63) is 0 Å². The van der Waals surface area contributed by atoms with Crippen LogP contribution in [0.2, 0.25) is 0 Å². The van der Waals surface area contributed by atoms with Crippen LogP contribution in [-0.2, 0) is 9.53 Å². The van der Waals surface area contributed by atoms with Gasteiger partial charge in [0.15, 0.2) is 0 Å². The summed E-state index contributed by atoms with van der Waals surface area (Å²) in [5, 5.41) is 2.66. The number of carbonyl (C=O) groups is 1. The van der Waals surface area contributed by atoms with Crippen LogP contribution >= 0.6 is 0 Å². The van der Waals surface area contributed by atoms with Crippen LogP contribution in [0.25, 0.3) is 0 Å². The van der Waals surface area contributed by atoms with Crippen molar-refractivity contribution in [3.8, 4) is 0 Å². The first-order valence-electron chi connectivity index (χ1n) is 3.64. The molecule has 3 nitrogen and oxygen atoms in total. The van der Waals surface area contributed by atoms with Gasteiger partial charge in [-0.05, 0) is 11.8 Å². The summed E-state index contributed by atoms with van der Waals surface area (Å²) in [7, 11) is 1.69. The van der Waals surface area contributed by atoms with E-state index in [1.807, 2.05) is 0 Å². The Balaban J connectivity index is 1.94. The molecule has 10 heavy (non-hydrogen) atoms. The third kappa shape index (κ3) is 0.669. The van der Waals surface area contributed by atoms with E-state index in [-0.39, 0.29) is 11.8 Å². The van der Waals surface area contributed by atoms with Crippen LogP contribution in [0.15, 0.2) is 0 Å². The molecular formula is C7H11NO2. The van der Waals surface area contributed by atoms with Crippen LogP contribution in [0.5, 0.6) is 0 Å². The van der Waals surface area contributed by atoms with Gasteiger partial charge < -0.3 is 10.1 Å². The van der Waals surface area contributed by atoms with Crippen LogP contribution in [0.4, 0.5) is 0 Å². The number of rotatable bonds is 1. The van der Waals surface area contributed by atoms with Gasteiger partial charge in [-0.1, -0.05) is 0 Å². The monoisotopic (exact) mass is 141 g/mol. The number of carbonyl (C=O) groups excluding carboxylic acids is 1. The van der Waals surface area contributed by atoms with Gasteiger partial charge in [0, 0.05) is 13.0 Å². The molecule has 0 radical (unpaired) electrons. The van der Waals surface area contributed by atoms with E-state index in [1.54, 1.807) is 7.05 Å². The molecule has 1 saturated heterocycles. The summed E-state index contributed by atoms with van der Waals surface area (Å²) in [6.07, 6.45) is 0. The summed E-state index contributed by atoms with van der Waals surface area (Å²) in [4.78, 5) is 11.0. The van der Waals surface area contributed by atoms with E-state index in [0.29, 0.717) is 11.8 Å². The molecule has 1 heterocycles. The SMILES string of the molecule is CNC(=O)C1C2COCC21. The van der Waals surface area contributed by atoms with Crippen LogP contribution in [0.3, 0.4) is 0 Å². The number of hydrogen-bond donors (Lipinski definition) is 1. The number of nitrogens with one attached hydrogen (secondary N) is 1. The minimum atomic E-state index is 0.193. The molecule has 56 valence electrons. The maximum absolute atomic E-state index is 11.0. The predicted octanol–water partition coefficient (Wildman–Crippen LogP) is -0.375. The average Bonchev–Trinajstić information content (AvgIpc) is 2.43. The van der Waals surface area contributed by atoms with Gasteiger partial charge in [0.2, 0.25) is 5.91 Å². The van der Waals surface area contributed by atoms with E-state index < -0.39 is 0 Å². The quantitative estimate of drug-likeness (QED) is 0.541. The first kappa shape index (κ1) is 6.16. The van der Waals surface area contributed by atoms with Gasteiger partial charge in [0.25, 0.3) is 0 Å². The third-order valence-electron chi connectivity index (χ3n) is 2.50. The summed E-state index contributed by atoms with van der Waals surface area (Å²) in [5.41, 5.74) is 0. The third-order valence-corrected chi connectivity index (χ3v) is 2.50. The molecule has 1 aliphatic carbocycles. The normalized spacial score (nSPS) is 42.7. The Morgan fingerprint density at radius 2 is 2.10 bits per heavy atom. The highest BCUT2D eigenvalue weighted by atomic mass is 16.5. The highest BCUT2D eigenvalue weighted by molar-refractivity contribution is 5.82. The van der Waals surface area contributed by atoms with Crippen molar-refractivity contribution in [1.82, 2.24) is 5.32 Å². The van der Waals surface area contributed by atoms with E-state index in [0.717, 1.165) is 13.2 Å². The molecule has 1 saturated carbocycles. The Morgan fingerprint density at radius 3 is 2.60 bits per heavy atom. The zero-order valence-electron chi connectivity index (χ0n) is 5.96. The topological polar surface area (TPSA) is 38.3 Å². The van der Waals surface area contributed by atoms with E-state index in [2.05, 4.69) is 5.32 Å². The maximum Gasteiger partial charge on any atom is 0.223 e. The standard InChI is InChI=1S/C7H11NO2/c1-8-7(9)6-4-2-10-3-5(4)6/h4-6H,2-3H2,1H3,(H,8,9). The van der Waals surface area contributed by atoms with Crippen molar-refractivity contribution in [2.75, 3.05) is 20.3 Å². The highest BCUT2D eigenvalue weighted by Gasteiger charge is 2.57. The smallest absolute Gasteiger partial charge is 0.223 e. The molecule has 0 spiro atoms. The largest absolute Gasteiger partial charge is 0.381 e. The summed E-state index contributed by atoms with van der Waals surface area (Å²) in [6, 6.07) is 0. The lowest BCUT2D eigenvalue weighted by molar-refractivity contribution is -0.123. The van der Waals surface area contributed by atoms with Gasteiger partial charge in [-0.15, -0.1) is 0 Å². The maximum atomic E-state index is 11.0. The Bertz CT molecular complexity index is 159.